The van der Waals surface area contributed by atoms with Crippen molar-refractivity contribution >= 4 is 39.0 Å². The quantitative estimate of drug-likeness (QED) is 0.795. The van der Waals surface area contributed by atoms with Crippen molar-refractivity contribution in [3.63, 3.8) is 0 Å². The van der Waals surface area contributed by atoms with Crippen LogP contribution in [0.5, 0.6) is 0 Å². The van der Waals surface area contributed by atoms with Gasteiger partial charge in [0.05, 0.1) is 8.66 Å². The second-order valence-electron chi connectivity index (χ2n) is 3.43. The van der Waals surface area contributed by atoms with E-state index in [2.05, 4.69) is 15.9 Å². The first kappa shape index (κ1) is 10.8. The van der Waals surface area contributed by atoms with Crippen LogP contribution in [0.1, 0.15) is 22.5 Å². The van der Waals surface area contributed by atoms with E-state index in [1.807, 2.05) is 12.1 Å². The van der Waals surface area contributed by atoms with Gasteiger partial charge in [-0.05, 0) is 28.1 Å². The number of hydrogen-bond acceptors (Lipinski definition) is 3. The minimum absolute atomic E-state index is 0.0400. The van der Waals surface area contributed by atoms with Crippen LogP contribution in [0.25, 0.3) is 0 Å². The molecule has 0 radical (unpaired) electrons. The normalized spacial score (nSPS) is 16.9. The molecule has 0 aromatic carbocycles. The highest BCUT2D eigenvalue weighted by Gasteiger charge is 2.22. The molecule has 0 aliphatic carbocycles. The molecule has 2 rings (SSSR count). The summed E-state index contributed by atoms with van der Waals surface area (Å²) in [4.78, 5) is 25.4. The summed E-state index contributed by atoms with van der Waals surface area (Å²) in [6.07, 6.45) is 0.997. The first-order chi connectivity index (χ1) is 7.16. The molecule has 0 spiro atoms. The van der Waals surface area contributed by atoms with E-state index in [4.69, 9.17) is 0 Å². The SMILES string of the molecule is O=C1CCN(C(=O)c2ccc(Br)s2)CC1. The van der Waals surface area contributed by atoms with E-state index in [1.54, 1.807) is 4.90 Å². The summed E-state index contributed by atoms with van der Waals surface area (Å²) in [5, 5.41) is 0. The average molecular weight is 288 g/mol. The number of carbonyl (C=O) groups excluding carboxylic acids is 2. The number of piperidine rings is 1. The van der Waals surface area contributed by atoms with Crippen LogP contribution in [0.2, 0.25) is 0 Å². The number of rotatable bonds is 1. The Labute approximate surface area is 100 Å². The average Bonchev–Trinajstić information content (AvgIpc) is 2.65. The molecular weight excluding hydrogens is 278 g/mol. The van der Waals surface area contributed by atoms with E-state index in [1.165, 1.54) is 11.3 Å². The lowest BCUT2D eigenvalue weighted by Crippen LogP contribution is -2.38. The molecule has 0 atom stereocenters. The van der Waals surface area contributed by atoms with E-state index in [9.17, 15) is 9.59 Å². The molecule has 15 heavy (non-hydrogen) atoms. The van der Waals surface area contributed by atoms with Gasteiger partial charge in [0.15, 0.2) is 0 Å². The number of likely N-dealkylation sites (tertiary alicyclic amines) is 1. The van der Waals surface area contributed by atoms with Gasteiger partial charge in [-0.2, -0.15) is 0 Å². The van der Waals surface area contributed by atoms with E-state index in [0.29, 0.717) is 25.9 Å². The van der Waals surface area contributed by atoms with E-state index >= 15 is 0 Å². The van der Waals surface area contributed by atoms with Gasteiger partial charge in [0.1, 0.15) is 5.78 Å². The molecule has 1 aliphatic heterocycles. The minimum atomic E-state index is 0.0400. The summed E-state index contributed by atoms with van der Waals surface area (Å²) in [7, 11) is 0. The second-order valence-corrected chi connectivity index (χ2v) is 5.90. The number of hydrogen-bond donors (Lipinski definition) is 0. The van der Waals surface area contributed by atoms with Gasteiger partial charge in [0.25, 0.3) is 5.91 Å². The first-order valence-corrected chi connectivity index (χ1v) is 6.34. The van der Waals surface area contributed by atoms with E-state index in [0.717, 1.165) is 8.66 Å². The molecular formula is C10H10BrNO2S. The standard InChI is InChI=1S/C10H10BrNO2S/c11-9-2-1-8(15-9)10(14)12-5-3-7(13)4-6-12/h1-2H,3-6H2. The molecule has 0 unspecified atom stereocenters. The van der Waals surface area contributed by atoms with Gasteiger partial charge in [0.2, 0.25) is 0 Å². The molecule has 0 saturated carbocycles. The Hall–Kier alpha value is -0.680. The molecule has 0 bridgehead atoms. The van der Waals surface area contributed by atoms with Crippen molar-refractivity contribution in [3.8, 4) is 0 Å². The van der Waals surface area contributed by atoms with Crippen molar-refractivity contribution < 1.29 is 9.59 Å². The topological polar surface area (TPSA) is 37.4 Å². The number of ketones is 1. The van der Waals surface area contributed by atoms with Gasteiger partial charge in [-0.3, -0.25) is 9.59 Å². The maximum atomic E-state index is 11.9. The Kier molecular flexibility index (Phi) is 3.21. The fourth-order valence-electron chi connectivity index (χ4n) is 1.54. The van der Waals surface area contributed by atoms with Crippen LogP contribution >= 0.6 is 27.3 Å². The third-order valence-electron chi connectivity index (χ3n) is 2.39. The number of thiophene rings is 1. The molecule has 80 valence electrons. The van der Waals surface area contributed by atoms with Crippen LogP contribution in [0, 0.1) is 0 Å². The van der Waals surface area contributed by atoms with Crippen LogP contribution in [0.3, 0.4) is 0 Å². The fourth-order valence-corrected chi connectivity index (χ4v) is 2.90. The summed E-state index contributed by atoms with van der Waals surface area (Å²) in [6, 6.07) is 3.68. The highest BCUT2D eigenvalue weighted by molar-refractivity contribution is 9.11. The Morgan fingerprint density at radius 2 is 2.00 bits per heavy atom. The minimum Gasteiger partial charge on any atom is -0.337 e. The van der Waals surface area contributed by atoms with Gasteiger partial charge in [-0.15, -0.1) is 11.3 Å². The summed E-state index contributed by atoms with van der Waals surface area (Å²) in [5.74, 6) is 0.296. The Morgan fingerprint density at radius 1 is 1.33 bits per heavy atom. The summed E-state index contributed by atoms with van der Waals surface area (Å²) >= 11 is 4.76. The van der Waals surface area contributed by atoms with Crippen molar-refractivity contribution in [2.24, 2.45) is 0 Å². The number of nitrogens with zero attached hydrogens (tertiary/aromatic N) is 1. The Balaban J connectivity index is 2.05. The number of halogens is 1. The molecule has 5 heteroatoms. The molecule has 1 saturated heterocycles. The van der Waals surface area contributed by atoms with Crippen molar-refractivity contribution in [3.05, 3.63) is 20.8 Å². The van der Waals surface area contributed by atoms with Gasteiger partial charge < -0.3 is 4.90 Å². The molecule has 1 fully saturated rings. The smallest absolute Gasteiger partial charge is 0.263 e. The number of amides is 1. The summed E-state index contributed by atoms with van der Waals surface area (Å²) < 4.78 is 0.957. The maximum absolute atomic E-state index is 11.9. The van der Waals surface area contributed by atoms with Crippen LogP contribution in [-0.4, -0.2) is 29.7 Å². The van der Waals surface area contributed by atoms with Crippen molar-refractivity contribution in [1.82, 2.24) is 4.90 Å². The molecule has 1 aliphatic rings. The highest BCUT2D eigenvalue weighted by Crippen LogP contribution is 2.24. The van der Waals surface area contributed by atoms with Crippen LogP contribution in [0.15, 0.2) is 15.9 Å². The molecule has 2 heterocycles. The maximum Gasteiger partial charge on any atom is 0.263 e. The lowest BCUT2D eigenvalue weighted by molar-refractivity contribution is -0.120. The van der Waals surface area contributed by atoms with E-state index in [-0.39, 0.29) is 11.7 Å². The molecule has 3 nitrogen and oxygen atoms in total. The third-order valence-corrected chi connectivity index (χ3v) is 4.00. The van der Waals surface area contributed by atoms with Crippen molar-refractivity contribution in [2.45, 2.75) is 12.8 Å². The van der Waals surface area contributed by atoms with E-state index < -0.39 is 0 Å². The largest absolute Gasteiger partial charge is 0.337 e. The molecule has 0 N–H and O–H groups in total. The molecule has 1 aromatic rings. The highest BCUT2D eigenvalue weighted by atomic mass is 79.9. The van der Waals surface area contributed by atoms with Crippen LogP contribution in [-0.2, 0) is 4.79 Å². The van der Waals surface area contributed by atoms with Crippen LogP contribution < -0.4 is 0 Å². The second kappa shape index (κ2) is 4.45. The zero-order valence-corrected chi connectivity index (χ0v) is 10.4. The molecule has 1 aromatic heterocycles. The monoisotopic (exact) mass is 287 g/mol. The van der Waals surface area contributed by atoms with Crippen molar-refractivity contribution in [1.29, 1.82) is 0 Å². The zero-order chi connectivity index (χ0) is 10.8. The fraction of sp³-hybridized carbons (Fsp3) is 0.400. The predicted molar refractivity (Wildman–Crippen MR) is 62.2 cm³/mol. The third kappa shape index (κ3) is 2.46. The summed E-state index contributed by atoms with van der Waals surface area (Å²) in [5.41, 5.74) is 0. The van der Waals surface area contributed by atoms with Crippen LogP contribution in [0.4, 0.5) is 0 Å². The van der Waals surface area contributed by atoms with Gasteiger partial charge in [-0.25, -0.2) is 0 Å². The zero-order valence-electron chi connectivity index (χ0n) is 8.03. The lowest BCUT2D eigenvalue weighted by Gasteiger charge is -2.25. The van der Waals surface area contributed by atoms with Crippen molar-refractivity contribution in [2.75, 3.05) is 13.1 Å². The Morgan fingerprint density at radius 3 is 2.53 bits per heavy atom. The van der Waals surface area contributed by atoms with Gasteiger partial charge >= 0.3 is 0 Å². The number of carbonyl (C=O) groups is 2. The predicted octanol–water partition coefficient (Wildman–Crippen LogP) is 2.32. The first-order valence-electron chi connectivity index (χ1n) is 4.73. The Bertz CT molecular complexity index is 392. The summed E-state index contributed by atoms with van der Waals surface area (Å²) in [6.45, 7) is 1.13. The lowest BCUT2D eigenvalue weighted by atomic mass is 10.1. The van der Waals surface area contributed by atoms with Gasteiger partial charge in [-0.1, -0.05) is 0 Å². The number of Topliss-reactive ketones (excluding diaryl/α,β-unsaturated/α-hetero) is 1. The van der Waals surface area contributed by atoms with Gasteiger partial charge in [0, 0.05) is 25.9 Å². The molecule has 1 amide bonds.